The van der Waals surface area contributed by atoms with Gasteiger partial charge in [0.2, 0.25) is 5.91 Å². The average molecular weight is 470 g/mol. The fraction of sp³-hybridized carbons (Fsp3) is 0.115. The summed E-state index contributed by atoms with van der Waals surface area (Å²) in [4.78, 5) is 44.5. The molecule has 1 unspecified atom stereocenters. The molecule has 2 aliphatic rings. The Bertz CT molecular complexity index is 1350. The number of carbonyl (C=O) groups is 2. The number of rotatable bonds is 5. The van der Waals surface area contributed by atoms with Crippen molar-refractivity contribution in [3.05, 3.63) is 117 Å². The number of benzene rings is 3. The molecule has 2 aliphatic heterocycles. The van der Waals surface area contributed by atoms with Crippen molar-refractivity contribution in [2.24, 2.45) is 4.99 Å². The first-order valence-electron chi connectivity index (χ1n) is 10.7. The molecule has 1 fully saturated rings. The molecule has 1 atom stereocenters. The number of nitro benzene ring substituents is 1. The smallest absolute Gasteiger partial charge is 0.269 e. The topological polar surface area (TPSA) is 92.9 Å². The molecule has 3 aromatic rings. The molecule has 2 heterocycles. The first kappa shape index (κ1) is 21.8. The van der Waals surface area contributed by atoms with E-state index in [0.29, 0.717) is 39.7 Å². The Balaban J connectivity index is 1.81. The van der Waals surface area contributed by atoms with E-state index in [1.807, 2.05) is 36.4 Å². The first-order valence-corrected chi connectivity index (χ1v) is 11.7. The second kappa shape index (κ2) is 9.07. The molecule has 34 heavy (non-hydrogen) atoms. The predicted molar refractivity (Wildman–Crippen MR) is 131 cm³/mol. The SMILES string of the molecule is O=C(C1=C(c2ccccc2)N=C2SCCC(=O)N2C1c1cccc([N+](=O)[O-])c1)c1ccccc1. The zero-order valence-corrected chi connectivity index (χ0v) is 18.8. The van der Waals surface area contributed by atoms with Crippen LogP contribution in [-0.4, -0.2) is 32.4 Å². The van der Waals surface area contributed by atoms with Gasteiger partial charge in [0.1, 0.15) is 0 Å². The highest BCUT2D eigenvalue weighted by molar-refractivity contribution is 8.14. The van der Waals surface area contributed by atoms with Crippen molar-refractivity contribution in [1.82, 2.24) is 4.90 Å². The molecule has 8 heteroatoms. The van der Waals surface area contributed by atoms with E-state index in [-0.39, 0.29) is 17.4 Å². The lowest BCUT2D eigenvalue weighted by molar-refractivity contribution is -0.384. The number of non-ortho nitro benzene ring substituents is 1. The second-order valence-corrected chi connectivity index (χ2v) is 8.90. The third kappa shape index (κ3) is 3.92. The maximum Gasteiger partial charge on any atom is 0.269 e. The molecule has 0 aromatic heterocycles. The van der Waals surface area contributed by atoms with Crippen molar-refractivity contribution in [2.45, 2.75) is 12.5 Å². The number of hydrogen-bond donors (Lipinski definition) is 0. The Hall–Kier alpha value is -4.04. The van der Waals surface area contributed by atoms with E-state index < -0.39 is 11.0 Å². The molecule has 0 radical (unpaired) electrons. The summed E-state index contributed by atoms with van der Waals surface area (Å²) in [5.41, 5.74) is 2.37. The largest absolute Gasteiger partial charge is 0.289 e. The van der Waals surface area contributed by atoms with Gasteiger partial charge in [0.15, 0.2) is 11.0 Å². The van der Waals surface area contributed by atoms with Gasteiger partial charge in [-0.25, -0.2) is 4.99 Å². The molecule has 0 bridgehead atoms. The van der Waals surface area contributed by atoms with Crippen LogP contribution in [0.1, 0.15) is 33.9 Å². The zero-order valence-electron chi connectivity index (χ0n) is 18.0. The van der Waals surface area contributed by atoms with E-state index in [4.69, 9.17) is 4.99 Å². The molecule has 1 saturated heterocycles. The fourth-order valence-corrected chi connectivity index (χ4v) is 5.16. The number of aliphatic imine (C=N–C) groups is 1. The zero-order chi connectivity index (χ0) is 23.7. The molecule has 0 N–H and O–H groups in total. The third-order valence-electron chi connectivity index (χ3n) is 5.74. The van der Waals surface area contributed by atoms with Crippen LogP contribution in [0.15, 0.2) is 95.5 Å². The predicted octanol–water partition coefficient (Wildman–Crippen LogP) is 5.27. The molecular formula is C26H19N3O4S. The van der Waals surface area contributed by atoms with Crippen molar-refractivity contribution in [3.63, 3.8) is 0 Å². The minimum absolute atomic E-state index is 0.105. The number of nitro groups is 1. The Kier molecular flexibility index (Phi) is 5.81. The monoisotopic (exact) mass is 469 g/mol. The van der Waals surface area contributed by atoms with Gasteiger partial charge in [0.05, 0.1) is 22.2 Å². The van der Waals surface area contributed by atoms with Crippen LogP contribution in [0.2, 0.25) is 0 Å². The molecule has 1 amide bonds. The number of nitrogens with zero attached hydrogens (tertiary/aromatic N) is 3. The Morgan fingerprint density at radius 1 is 1.00 bits per heavy atom. The summed E-state index contributed by atoms with van der Waals surface area (Å²) in [5, 5.41) is 12.0. The normalized spacial score (nSPS) is 17.8. The molecule has 3 aromatic carbocycles. The van der Waals surface area contributed by atoms with Crippen molar-refractivity contribution < 1.29 is 14.5 Å². The number of hydrogen-bond acceptors (Lipinski definition) is 6. The molecule has 0 aliphatic carbocycles. The Morgan fingerprint density at radius 2 is 1.71 bits per heavy atom. The van der Waals surface area contributed by atoms with Crippen molar-refractivity contribution in [3.8, 4) is 0 Å². The maximum atomic E-state index is 14.0. The van der Waals surface area contributed by atoms with E-state index >= 15 is 0 Å². The van der Waals surface area contributed by atoms with Gasteiger partial charge >= 0.3 is 0 Å². The van der Waals surface area contributed by atoms with E-state index in [2.05, 4.69) is 0 Å². The molecule has 7 nitrogen and oxygen atoms in total. The van der Waals surface area contributed by atoms with Crippen LogP contribution in [-0.2, 0) is 4.79 Å². The van der Waals surface area contributed by atoms with Gasteiger partial charge in [-0.1, -0.05) is 84.6 Å². The summed E-state index contributed by atoms with van der Waals surface area (Å²) in [6, 6.07) is 23.4. The molecular weight excluding hydrogens is 450 g/mol. The Labute approximate surface area is 200 Å². The molecule has 0 spiro atoms. The number of Topliss-reactive ketones (excluding diaryl/α,β-unsaturated/α-hetero) is 1. The highest BCUT2D eigenvalue weighted by atomic mass is 32.2. The van der Waals surface area contributed by atoms with Gasteiger partial charge in [-0.3, -0.25) is 24.6 Å². The van der Waals surface area contributed by atoms with Gasteiger partial charge in [-0.05, 0) is 5.56 Å². The molecule has 0 saturated carbocycles. The lowest BCUT2D eigenvalue weighted by atomic mass is 9.86. The van der Waals surface area contributed by atoms with Gasteiger partial charge in [-0.15, -0.1) is 0 Å². The van der Waals surface area contributed by atoms with Crippen LogP contribution in [0, 0.1) is 10.1 Å². The van der Waals surface area contributed by atoms with Gasteiger partial charge in [0.25, 0.3) is 5.69 Å². The van der Waals surface area contributed by atoms with E-state index in [1.165, 1.54) is 28.8 Å². The number of thioether (sulfide) groups is 1. The molecule has 5 rings (SSSR count). The summed E-state index contributed by atoms with van der Waals surface area (Å²) in [5.74, 6) is 0.140. The van der Waals surface area contributed by atoms with Gasteiger partial charge in [-0.2, -0.15) is 0 Å². The highest BCUT2D eigenvalue weighted by Gasteiger charge is 2.42. The van der Waals surface area contributed by atoms with Crippen molar-refractivity contribution in [2.75, 3.05) is 5.75 Å². The van der Waals surface area contributed by atoms with Crippen molar-refractivity contribution >= 4 is 40.0 Å². The maximum absolute atomic E-state index is 14.0. The number of fused-ring (bicyclic) bond motifs is 1. The second-order valence-electron chi connectivity index (χ2n) is 7.83. The lowest BCUT2D eigenvalue weighted by Gasteiger charge is -2.39. The Morgan fingerprint density at radius 3 is 2.41 bits per heavy atom. The average Bonchev–Trinajstić information content (AvgIpc) is 2.88. The number of ketones is 1. The van der Waals surface area contributed by atoms with Crippen molar-refractivity contribution in [1.29, 1.82) is 0 Å². The number of carbonyl (C=O) groups excluding carboxylic acids is 2. The fourth-order valence-electron chi connectivity index (χ4n) is 4.20. The van der Waals surface area contributed by atoms with Crippen LogP contribution in [0.25, 0.3) is 5.70 Å². The molecule has 168 valence electrons. The van der Waals surface area contributed by atoms with E-state index in [0.717, 1.165) is 5.56 Å². The standard InChI is InChI=1S/C26H19N3O4S/c30-21-14-15-34-26-27-23(17-8-3-1-4-9-17)22(25(31)18-10-5-2-6-11-18)24(28(21)26)19-12-7-13-20(16-19)29(32)33/h1-13,16,24H,14-15H2. The first-order chi connectivity index (χ1) is 16.5. The van der Waals surface area contributed by atoms with E-state index in [1.54, 1.807) is 36.4 Å². The van der Waals surface area contributed by atoms with Crippen LogP contribution in [0.4, 0.5) is 5.69 Å². The summed E-state index contributed by atoms with van der Waals surface area (Å²) < 4.78 is 0. The number of amidine groups is 1. The van der Waals surface area contributed by atoms with Crippen LogP contribution >= 0.6 is 11.8 Å². The van der Waals surface area contributed by atoms with E-state index in [9.17, 15) is 19.7 Å². The van der Waals surface area contributed by atoms with Gasteiger partial charge in [0, 0.05) is 35.4 Å². The van der Waals surface area contributed by atoms with Crippen LogP contribution in [0.5, 0.6) is 0 Å². The van der Waals surface area contributed by atoms with Crippen LogP contribution in [0.3, 0.4) is 0 Å². The summed E-state index contributed by atoms with van der Waals surface area (Å²) in [6.45, 7) is 0. The van der Waals surface area contributed by atoms with Crippen LogP contribution < -0.4 is 0 Å². The third-order valence-corrected chi connectivity index (χ3v) is 6.70. The summed E-state index contributed by atoms with van der Waals surface area (Å²) >= 11 is 1.44. The number of amides is 1. The lowest BCUT2D eigenvalue weighted by Crippen LogP contribution is -2.45. The summed E-state index contributed by atoms with van der Waals surface area (Å²) in [7, 11) is 0. The minimum atomic E-state index is -0.837. The summed E-state index contributed by atoms with van der Waals surface area (Å²) in [6.07, 6.45) is 0.294. The van der Waals surface area contributed by atoms with Gasteiger partial charge < -0.3 is 0 Å². The minimum Gasteiger partial charge on any atom is -0.289 e. The highest BCUT2D eigenvalue weighted by Crippen LogP contribution is 2.44. The quantitative estimate of drug-likeness (QED) is 0.288.